The molecule has 0 heterocycles. The molecule has 0 spiro atoms. The number of halogens is 1. The zero-order valence-electron chi connectivity index (χ0n) is 13.7. The third kappa shape index (κ3) is 4.91. The van der Waals surface area contributed by atoms with Gasteiger partial charge in [-0.05, 0) is 30.5 Å². The fraction of sp³-hybridized carbons (Fsp3) is 0.588. The number of nitrogens with zero attached hydrogens (tertiary/aromatic N) is 1. The Hall–Kier alpha value is -1.66. The van der Waals surface area contributed by atoms with Crippen LogP contribution in [0.15, 0.2) is 24.3 Å². The maximum atomic E-state index is 13.0. The van der Waals surface area contributed by atoms with Crippen molar-refractivity contribution >= 4 is 6.03 Å². The van der Waals surface area contributed by atoms with Crippen LogP contribution in [-0.4, -0.2) is 49.4 Å². The quantitative estimate of drug-likeness (QED) is 0.844. The summed E-state index contributed by atoms with van der Waals surface area (Å²) in [6, 6.07) is 5.84. The SMILES string of the molecule is COC(CNC(=O)N(C)CC1CCCC1O)c1ccc(F)cc1. The Morgan fingerprint density at radius 1 is 1.43 bits per heavy atom. The predicted octanol–water partition coefficient (Wildman–Crippen LogP) is 2.32. The fourth-order valence-electron chi connectivity index (χ4n) is 2.99. The topological polar surface area (TPSA) is 61.8 Å². The molecule has 1 fully saturated rings. The highest BCUT2D eigenvalue weighted by molar-refractivity contribution is 5.73. The second kappa shape index (κ2) is 8.26. The highest BCUT2D eigenvalue weighted by atomic mass is 19.1. The Bertz CT molecular complexity index is 509. The van der Waals surface area contributed by atoms with E-state index in [4.69, 9.17) is 4.74 Å². The Morgan fingerprint density at radius 2 is 2.13 bits per heavy atom. The summed E-state index contributed by atoms with van der Waals surface area (Å²) in [5, 5.41) is 12.7. The first-order valence-electron chi connectivity index (χ1n) is 7.96. The van der Waals surface area contributed by atoms with Gasteiger partial charge < -0.3 is 20.1 Å². The lowest BCUT2D eigenvalue weighted by Gasteiger charge is -2.25. The third-order valence-corrected chi connectivity index (χ3v) is 4.44. The second-order valence-electron chi connectivity index (χ2n) is 6.10. The first kappa shape index (κ1) is 17.7. The molecule has 3 atom stereocenters. The minimum Gasteiger partial charge on any atom is -0.393 e. The molecule has 2 rings (SSSR count). The van der Waals surface area contributed by atoms with Gasteiger partial charge in [-0.15, -0.1) is 0 Å². The van der Waals surface area contributed by atoms with E-state index in [1.807, 2.05) is 0 Å². The molecule has 1 aromatic rings. The molecular weight excluding hydrogens is 299 g/mol. The molecule has 3 unspecified atom stereocenters. The zero-order chi connectivity index (χ0) is 16.8. The van der Waals surface area contributed by atoms with Crippen LogP contribution >= 0.6 is 0 Å². The van der Waals surface area contributed by atoms with Crippen LogP contribution in [0, 0.1) is 11.7 Å². The molecule has 0 bridgehead atoms. The minimum absolute atomic E-state index is 0.154. The standard InChI is InChI=1S/C17H25FN2O3/c1-20(11-13-4-3-5-15(13)21)17(22)19-10-16(23-2)12-6-8-14(18)9-7-12/h6-9,13,15-16,21H,3-5,10-11H2,1-2H3,(H,19,22). The minimum atomic E-state index is -0.329. The van der Waals surface area contributed by atoms with Crippen LogP contribution in [0.2, 0.25) is 0 Å². The van der Waals surface area contributed by atoms with Crippen molar-refractivity contribution in [1.29, 1.82) is 0 Å². The Morgan fingerprint density at radius 3 is 2.70 bits per heavy atom. The maximum absolute atomic E-state index is 13.0. The van der Waals surface area contributed by atoms with Crippen molar-refractivity contribution in [2.75, 3.05) is 27.2 Å². The number of carbonyl (C=O) groups is 1. The van der Waals surface area contributed by atoms with Gasteiger partial charge in [-0.3, -0.25) is 0 Å². The maximum Gasteiger partial charge on any atom is 0.317 e. The van der Waals surface area contributed by atoms with Crippen molar-refractivity contribution in [2.24, 2.45) is 5.92 Å². The van der Waals surface area contributed by atoms with E-state index in [2.05, 4.69) is 5.32 Å². The number of benzene rings is 1. The molecule has 5 nitrogen and oxygen atoms in total. The average Bonchev–Trinajstić information content (AvgIpc) is 2.94. The molecule has 6 heteroatoms. The molecule has 0 radical (unpaired) electrons. The van der Waals surface area contributed by atoms with Gasteiger partial charge in [0.15, 0.2) is 0 Å². The third-order valence-electron chi connectivity index (χ3n) is 4.44. The zero-order valence-corrected chi connectivity index (χ0v) is 13.7. The molecule has 0 aromatic heterocycles. The lowest BCUT2D eigenvalue weighted by atomic mass is 10.1. The van der Waals surface area contributed by atoms with Gasteiger partial charge in [-0.2, -0.15) is 0 Å². The fourth-order valence-corrected chi connectivity index (χ4v) is 2.99. The van der Waals surface area contributed by atoms with E-state index in [0.29, 0.717) is 13.1 Å². The lowest BCUT2D eigenvalue weighted by molar-refractivity contribution is 0.0975. The summed E-state index contributed by atoms with van der Waals surface area (Å²) in [6.07, 6.45) is 2.14. The summed E-state index contributed by atoms with van der Waals surface area (Å²) < 4.78 is 18.3. The molecule has 0 saturated heterocycles. The first-order valence-corrected chi connectivity index (χ1v) is 7.96. The highest BCUT2D eigenvalue weighted by Gasteiger charge is 2.27. The number of aliphatic hydroxyl groups is 1. The van der Waals surface area contributed by atoms with E-state index in [1.165, 1.54) is 12.1 Å². The van der Waals surface area contributed by atoms with Crippen molar-refractivity contribution in [1.82, 2.24) is 10.2 Å². The molecule has 2 amide bonds. The molecule has 128 valence electrons. The summed E-state index contributed by atoms with van der Waals surface area (Å²) in [4.78, 5) is 13.8. The largest absolute Gasteiger partial charge is 0.393 e. The number of carbonyl (C=O) groups excluding carboxylic acids is 1. The van der Waals surface area contributed by atoms with Crippen LogP contribution < -0.4 is 5.32 Å². The molecule has 2 N–H and O–H groups in total. The van der Waals surface area contributed by atoms with Crippen molar-refractivity contribution in [3.63, 3.8) is 0 Å². The van der Waals surface area contributed by atoms with E-state index in [9.17, 15) is 14.3 Å². The number of rotatable bonds is 6. The second-order valence-corrected chi connectivity index (χ2v) is 6.10. The highest BCUT2D eigenvalue weighted by Crippen LogP contribution is 2.26. The van der Waals surface area contributed by atoms with Gasteiger partial charge >= 0.3 is 6.03 Å². The molecule has 1 saturated carbocycles. The van der Waals surface area contributed by atoms with Gasteiger partial charge in [0.1, 0.15) is 5.82 Å². The van der Waals surface area contributed by atoms with Crippen LogP contribution in [0.5, 0.6) is 0 Å². The molecular formula is C17H25FN2O3. The number of hydrogen-bond acceptors (Lipinski definition) is 3. The number of aliphatic hydroxyl groups excluding tert-OH is 1. The van der Waals surface area contributed by atoms with Crippen LogP contribution in [0.4, 0.5) is 9.18 Å². The van der Waals surface area contributed by atoms with E-state index >= 15 is 0 Å². The van der Waals surface area contributed by atoms with Crippen LogP contribution in [-0.2, 0) is 4.74 Å². The van der Waals surface area contributed by atoms with Gasteiger partial charge in [-0.1, -0.05) is 18.6 Å². The van der Waals surface area contributed by atoms with Crippen molar-refractivity contribution in [2.45, 2.75) is 31.5 Å². The van der Waals surface area contributed by atoms with Gasteiger partial charge in [0.25, 0.3) is 0 Å². The van der Waals surface area contributed by atoms with E-state index in [1.54, 1.807) is 31.2 Å². The van der Waals surface area contributed by atoms with E-state index in [-0.39, 0.29) is 30.0 Å². The summed E-state index contributed by atoms with van der Waals surface area (Å²) in [6.45, 7) is 0.847. The summed E-state index contributed by atoms with van der Waals surface area (Å²) in [7, 11) is 3.28. The Balaban J connectivity index is 1.82. The van der Waals surface area contributed by atoms with Gasteiger partial charge in [-0.25, -0.2) is 9.18 Å². The number of hydrogen-bond donors (Lipinski definition) is 2. The number of ether oxygens (including phenoxy) is 1. The smallest absolute Gasteiger partial charge is 0.317 e. The molecule has 23 heavy (non-hydrogen) atoms. The van der Waals surface area contributed by atoms with E-state index < -0.39 is 0 Å². The van der Waals surface area contributed by atoms with Gasteiger partial charge in [0.05, 0.1) is 12.2 Å². The molecule has 1 aromatic carbocycles. The number of urea groups is 1. The molecule has 0 aliphatic heterocycles. The normalized spacial score (nSPS) is 21.9. The predicted molar refractivity (Wildman–Crippen MR) is 85.5 cm³/mol. The van der Waals surface area contributed by atoms with E-state index in [0.717, 1.165) is 24.8 Å². The number of methoxy groups -OCH3 is 1. The van der Waals surface area contributed by atoms with Gasteiger partial charge in [0.2, 0.25) is 0 Å². The lowest BCUT2D eigenvalue weighted by Crippen LogP contribution is -2.42. The van der Waals surface area contributed by atoms with Crippen LogP contribution in [0.3, 0.4) is 0 Å². The summed E-state index contributed by atoms with van der Waals surface area (Å²) in [5.74, 6) is -0.149. The molecule has 1 aliphatic carbocycles. The van der Waals surface area contributed by atoms with Crippen molar-refractivity contribution in [3.05, 3.63) is 35.6 Å². The van der Waals surface area contributed by atoms with Crippen molar-refractivity contribution < 1.29 is 19.0 Å². The van der Waals surface area contributed by atoms with Gasteiger partial charge in [0, 0.05) is 33.2 Å². The van der Waals surface area contributed by atoms with Crippen LogP contribution in [0.1, 0.15) is 30.9 Å². The summed E-state index contributed by atoms with van der Waals surface area (Å²) in [5.41, 5.74) is 0.808. The Labute approximate surface area is 136 Å². The van der Waals surface area contributed by atoms with Crippen molar-refractivity contribution in [3.8, 4) is 0 Å². The Kier molecular flexibility index (Phi) is 6.36. The molecule has 1 aliphatic rings. The number of amides is 2. The first-order chi connectivity index (χ1) is 11.0. The summed E-state index contributed by atoms with van der Waals surface area (Å²) >= 11 is 0. The average molecular weight is 324 g/mol. The monoisotopic (exact) mass is 324 g/mol. The number of nitrogens with one attached hydrogen (secondary N) is 1. The van der Waals surface area contributed by atoms with Crippen LogP contribution in [0.25, 0.3) is 0 Å².